The summed E-state index contributed by atoms with van der Waals surface area (Å²) in [5.41, 5.74) is 0. The van der Waals surface area contributed by atoms with Gasteiger partial charge in [0.1, 0.15) is 21.3 Å². The highest BCUT2D eigenvalue weighted by Crippen LogP contribution is 2.28. The van der Waals surface area contributed by atoms with Gasteiger partial charge in [-0.1, -0.05) is 31.7 Å². The fraction of sp³-hybridized carbons (Fsp3) is 0.231. The highest BCUT2D eigenvalue weighted by atomic mass is 79.9. The number of halogens is 2. The Morgan fingerprint density at radius 3 is 2.67 bits per heavy atom. The van der Waals surface area contributed by atoms with Crippen molar-refractivity contribution < 1.29 is 4.39 Å². The van der Waals surface area contributed by atoms with Crippen molar-refractivity contribution in [2.75, 3.05) is 0 Å². The SMILES string of the molecule is CC(C)c1nc(Br)cc(Sc2cccc(F)c2)n1. The van der Waals surface area contributed by atoms with Crippen molar-refractivity contribution >= 4 is 27.7 Å². The van der Waals surface area contributed by atoms with Gasteiger partial charge in [-0.25, -0.2) is 14.4 Å². The number of benzene rings is 1. The van der Waals surface area contributed by atoms with Crippen molar-refractivity contribution in [2.24, 2.45) is 0 Å². The number of hydrogen-bond donors (Lipinski definition) is 0. The van der Waals surface area contributed by atoms with Crippen LogP contribution >= 0.6 is 27.7 Å². The summed E-state index contributed by atoms with van der Waals surface area (Å²) >= 11 is 4.80. The van der Waals surface area contributed by atoms with Gasteiger partial charge in [-0.05, 0) is 34.1 Å². The van der Waals surface area contributed by atoms with E-state index in [-0.39, 0.29) is 11.7 Å². The van der Waals surface area contributed by atoms with Gasteiger partial charge in [-0.2, -0.15) is 0 Å². The summed E-state index contributed by atoms with van der Waals surface area (Å²) in [6, 6.07) is 8.31. The molecule has 0 aliphatic heterocycles. The van der Waals surface area contributed by atoms with Gasteiger partial charge in [0, 0.05) is 16.9 Å². The van der Waals surface area contributed by atoms with Crippen molar-refractivity contribution in [3.8, 4) is 0 Å². The minimum Gasteiger partial charge on any atom is -0.226 e. The quantitative estimate of drug-likeness (QED) is 0.767. The third-order valence-electron chi connectivity index (χ3n) is 2.22. The monoisotopic (exact) mass is 326 g/mol. The molecule has 0 bridgehead atoms. The molecule has 1 aromatic carbocycles. The second kappa shape index (κ2) is 5.80. The summed E-state index contributed by atoms with van der Waals surface area (Å²) in [6.45, 7) is 4.08. The van der Waals surface area contributed by atoms with E-state index in [1.54, 1.807) is 6.07 Å². The zero-order chi connectivity index (χ0) is 13.1. The number of nitrogens with zero attached hydrogens (tertiary/aromatic N) is 2. The third-order valence-corrected chi connectivity index (χ3v) is 3.54. The van der Waals surface area contributed by atoms with Crippen LogP contribution in [0.4, 0.5) is 4.39 Å². The van der Waals surface area contributed by atoms with Crippen LogP contribution in [-0.4, -0.2) is 9.97 Å². The molecule has 2 aromatic rings. The van der Waals surface area contributed by atoms with Crippen molar-refractivity contribution in [1.29, 1.82) is 0 Å². The van der Waals surface area contributed by atoms with Crippen LogP contribution in [0.15, 0.2) is 44.9 Å². The van der Waals surface area contributed by atoms with E-state index in [0.29, 0.717) is 0 Å². The molecule has 0 spiro atoms. The summed E-state index contributed by atoms with van der Waals surface area (Å²) in [4.78, 5) is 9.60. The van der Waals surface area contributed by atoms with Crippen LogP contribution in [0.1, 0.15) is 25.6 Å². The Kier molecular flexibility index (Phi) is 4.35. The van der Waals surface area contributed by atoms with Crippen LogP contribution in [-0.2, 0) is 0 Å². The van der Waals surface area contributed by atoms with Crippen LogP contribution < -0.4 is 0 Å². The van der Waals surface area contributed by atoms with E-state index in [2.05, 4.69) is 25.9 Å². The molecule has 1 heterocycles. The molecule has 0 aliphatic carbocycles. The highest BCUT2D eigenvalue weighted by Gasteiger charge is 2.08. The van der Waals surface area contributed by atoms with Crippen molar-refractivity contribution in [2.45, 2.75) is 29.7 Å². The van der Waals surface area contributed by atoms with Crippen LogP contribution in [0.3, 0.4) is 0 Å². The summed E-state index contributed by atoms with van der Waals surface area (Å²) < 4.78 is 13.9. The van der Waals surface area contributed by atoms with Gasteiger partial charge in [0.2, 0.25) is 0 Å². The van der Waals surface area contributed by atoms with E-state index < -0.39 is 0 Å². The zero-order valence-electron chi connectivity index (χ0n) is 10.0. The Balaban J connectivity index is 2.29. The van der Waals surface area contributed by atoms with E-state index in [4.69, 9.17) is 0 Å². The van der Waals surface area contributed by atoms with E-state index in [1.807, 2.05) is 26.0 Å². The molecular formula is C13H12BrFN2S. The maximum Gasteiger partial charge on any atom is 0.133 e. The maximum absolute atomic E-state index is 13.1. The Morgan fingerprint density at radius 2 is 2.00 bits per heavy atom. The molecular weight excluding hydrogens is 315 g/mol. The minimum absolute atomic E-state index is 0.239. The second-order valence-electron chi connectivity index (χ2n) is 4.10. The molecule has 0 atom stereocenters. The average Bonchev–Trinajstić information content (AvgIpc) is 2.28. The zero-order valence-corrected chi connectivity index (χ0v) is 12.4. The molecule has 0 aliphatic rings. The Labute approximate surface area is 118 Å². The van der Waals surface area contributed by atoms with Gasteiger partial charge in [0.05, 0.1) is 0 Å². The molecule has 5 heteroatoms. The number of rotatable bonds is 3. The standard InChI is InChI=1S/C13H12BrFN2S/c1-8(2)13-16-11(14)7-12(17-13)18-10-5-3-4-9(15)6-10/h3-8H,1-2H3. The molecule has 2 rings (SSSR count). The van der Waals surface area contributed by atoms with Crippen LogP contribution in [0.5, 0.6) is 0 Å². The minimum atomic E-state index is -0.239. The first-order chi connectivity index (χ1) is 8.54. The Morgan fingerprint density at radius 1 is 1.22 bits per heavy atom. The predicted molar refractivity (Wildman–Crippen MR) is 74.3 cm³/mol. The molecule has 1 aromatic heterocycles. The number of aromatic nitrogens is 2. The second-order valence-corrected chi connectivity index (χ2v) is 6.01. The van der Waals surface area contributed by atoms with E-state index in [9.17, 15) is 4.39 Å². The van der Waals surface area contributed by atoms with Crippen molar-refractivity contribution in [1.82, 2.24) is 9.97 Å². The van der Waals surface area contributed by atoms with Crippen LogP contribution in [0, 0.1) is 5.82 Å². The molecule has 18 heavy (non-hydrogen) atoms. The Hall–Kier alpha value is -0.940. The molecule has 0 saturated heterocycles. The lowest BCUT2D eigenvalue weighted by Gasteiger charge is -2.07. The maximum atomic E-state index is 13.1. The van der Waals surface area contributed by atoms with Gasteiger partial charge in [-0.3, -0.25) is 0 Å². The Bertz CT molecular complexity index is 560. The third kappa shape index (κ3) is 3.53. The van der Waals surface area contributed by atoms with Gasteiger partial charge in [-0.15, -0.1) is 0 Å². The van der Waals surface area contributed by atoms with Gasteiger partial charge in [0.15, 0.2) is 0 Å². The molecule has 94 valence electrons. The molecule has 0 amide bonds. The fourth-order valence-corrected chi connectivity index (χ4v) is 2.79. The molecule has 0 unspecified atom stereocenters. The molecule has 2 nitrogen and oxygen atoms in total. The predicted octanol–water partition coefficient (Wildman–Crippen LogP) is 4.65. The van der Waals surface area contributed by atoms with E-state index in [0.717, 1.165) is 20.3 Å². The molecule has 0 radical (unpaired) electrons. The lowest BCUT2D eigenvalue weighted by atomic mass is 10.2. The van der Waals surface area contributed by atoms with Crippen LogP contribution in [0.2, 0.25) is 0 Å². The highest BCUT2D eigenvalue weighted by molar-refractivity contribution is 9.10. The molecule has 0 N–H and O–H groups in total. The summed E-state index contributed by atoms with van der Waals surface area (Å²) in [6.07, 6.45) is 0. The first-order valence-corrected chi connectivity index (χ1v) is 7.13. The smallest absolute Gasteiger partial charge is 0.133 e. The van der Waals surface area contributed by atoms with Crippen LogP contribution in [0.25, 0.3) is 0 Å². The lowest BCUT2D eigenvalue weighted by molar-refractivity contribution is 0.624. The van der Waals surface area contributed by atoms with Crippen molar-refractivity contribution in [3.63, 3.8) is 0 Å². The largest absolute Gasteiger partial charge is 0.226 e. The van der Waals surface area contributed by atoms with E-state index >= 15 is 0 Å². The topological polar surface area (TPSA) is 25.8 Å². The van der Waals surface area contributed by atoms with E-state index in [1.165, 1.54) is 23.9 Å². The summed E-state index contributed by atoms with van der Waals surface area (Å²) in [5, 5.41) is 0.811. The first kappa shape index (κ1) is 13.5. The van der Waals surface area contributed by atoms with Gasteiger partial charge in [0.25, 0.3) is 0 Å². The normalized spacial score (nSPS) is 10.9. The molecule has 0 fully saturated rings. The summed E-state index contributed by atoms with van der Waals surface area (Å²) in [5.74, 6) is 0.801. The fourth-order valence-electron chi connectivity index (χ4n) is 1.38. The first-order valence-electron chi connectivity index (χ1n) is 5.52. The van der Waals surface area contributed by atoms with Crippen molar-refractivity contribution in [3.05, 3.63) is 46.6 Å². The summed E-state index contributed by atoms with van der Waals surface area (Å²) in [7, 11) is 0. The number of hydrogen-bond acceptors (Lipinski definition) is 3. The van der Waals surface area contributed by atoms with Gasteiger partial charge >= 0.3 is 0 Å². The lowest BCUT2D eigenvalue weighted by Crippen LogP contribution is -1.98. The molecule has 0 saturated carbocycles. The average molecular weight is 327 g/mol. The van der Waals surface area contributed by atoms with Gasteiger partial charge < -0.3 is 0 Å².